The first kappa shape index (κ1) is 15.4. The molecule has 1 heterocycles. The Morgan fingerprint density at radius 1 is 1.50 bits per heavy atom. The summed E-state index contributed by atoms with van der Waals surface area (Å²) in [5.41, 5.74) is 0. The molecule has 0 radical (unpaired) electrons. The molecule has 106 valence electrons. The Morgan fingerprint density at radius 3 is 3.00 bits per heavy atom. The first-order valence-electron chi connectivity index (χ1n) is 6.87. The Labute approximate surface area is 110 Å². The lowest BCUT2D eigenvalue weighted by molar-refractivity contribution is -0.121. The van der Waals surface area contributed by atoms with E-state index >= 15 is 0 Å². The van der Waals surface area contributed by atoms with Gasteiger partial charge in [0.25, 0.3) is 0 Å². The van der Waals surface area contributed by atoms with Gasteiger partial charge in [0.2, 0.25) is 5.91 Å². The minimum absolute atomic E-state index is 0.182. The maximum Gasteiger partial charge on any atom is 0.220 e. The van der Waals surface area contributed by atoms with Crippen LogP contribution >= 0.6 is 0 Å². The molecule has 0 spiro atoms. The summed E-state index contributed by atoms with van der Waals surface area (Å²) >= 11 is 0. The Kier molecular flexibility index (Phi) is 7.96. The smallest absolute Gasteiger partial charge is 0.220 e. The van der Waals surface area contributed by atoms with Crippen molar-refractivity contribution in [1.82, 2.24) is 15.5 Å². The molecule has 0 aliphatic carbocycles. The van der Waals surface area contributed by atoms with E-state index in [4.69, 9.17) is 4.74 Å². The predicted octanol–water partition coefficient (Wildman–Crippen LogP) is 0.0705. The number of nitrogens with one attached hydrogen (secondary N) is 2. The average molecular weight is 257 g/mol. The van der Waals surface area contributed by atoms with E-state index in [1.807, 2.05) is 7.05 Å². The summed E-state index contributed by atoms with van der Waals surface area (Å²) in [4.78, 5) is 13.8. The standard InChI is InChI=1S/C13H27N3O2/c1-16(9-10-18-2)8-7-15-13(17)4-3-12-5-6-14-11-12/h12,14H,3-11H2,1-2H3,(H,15,17). The minimum atomic E-state index is 0.182. The molecule has 1 saturated heterocycles. The molecule has 1 unspecified atom stereocenters. The molecule has 1 aliphatic heterocycles. The molecule has 0 aromatic rings. The average Bonchev–Trinajstić information content (AvgIpc) is 2.87. The summed E-state index contributed by atoms with van der Waals surface area (Å²) < 4.78 is 5.00. The van der Waals surface area contributed by atoms with Crippen LogP contribution in [0.1, 0.15) is 19.3 Å². The molecular weight excluding hydrogens is 230 g/mol. The van der Waals surface area contributed by atoms with Gasteiger partial charge in [-0.05, 0) is 38.9 Å². The van der Waals surface area contributed by atoms with Crippen molar-refractivity contribution in [3.8, 4) is 0 Å². The van der Waals surface area contributed by atoms with Crippen LogP contribution in [0.4, 0.5) is 0 Å². The van der Waals surface area contributed by atoms with Gasteiger partial charge in [-0.3, -0.25) is 4.79 Å². The number of methoxy groups -OCH3 is 1. The molecule has 5 heteroatoms. The number of carbonyl (C=O) groups excluding carboxylic acids is 1. The van der Waals surface area contributed by atoms with Gasteiger partial charge in [-0.2, -0.15) is 0 Å². The number of carbonyl (C=O) groups is 1. The molecule has 0 bridgehead atoms. The number of rotatable bonds is 9. The summed E-state index contributed by atoms with van der Waals surface area (Å²) in [5.74, 6) is 0.877. The van der Waals surface area contributed by atoms with Crippen molar-refractivity contribution in [2.24, 2.45) is 5.92 Å². The molecule has 0 saturated carbocycles. The molecule has 18 heavy (non-hydrogen) atoms. The molecule has 0 aromatic carbocycles. The van der Waals surface area contributed by atoms with E-state index < -0.39 is 0 Å². The summed E-state index contributed by atoms with van der Waals surface area (Å²) in [7, 11) is 3.74. The monoisotopic (exact) mass is 257 g/mol. The molecule has 1 amide bonds. The fraction of sp³-hybridized carbons (Fsp3) is 0.923. The molecule has 1 fully saturated rings. The van der Waals surface area contributed by atoms with Gasteiger partial charge in [-0.15, -0.1) is 0 Å². The highest BCUT2D eigenvalue weighted by atomic mass is 16.5. The number of amides is 1. The Bertz CT molecular complexity index is 230. The quantitative estimate of drug-likeness (QED) is 0.614. The van der Waals surface area contributed by atoms with Crippen molar-refractivity contribution < 1.29 is 9.53 Å². The first-order chi connectivity index (χ1) is 8.72. The number of likely N-dealkylation sites (N-methyl/N-ethyl adjacent to an activating group) is 1. The Hall–Kier alpha value is -0.650. The lowest BCUT2D eigenvalue weighted by Crippen LogP contribution is -2.34. The van der Waals surface area contributed by atoms with Crippen LogP contribution in [0.2, 0.25) is 0 Å². The minimum Gasteiger partial charge on any atom is -0.383 e. The maximum atomic E-state index is 11.6. The highest BCUT2D eigenvalue weighted by Crippen LogP contribution is 2.13. The summed E-state index contributed by atoms with van der Waals surface area (Å²) in [5, 5.41) is 6.30. The number of ether oxygens (including phenoxy) is 1. The van der Waals surface area contributed by atoms with Gasteiger partial charge in [0.1, 0.15) is 0 Å². The number of nitrogens with zero attached hydrogens (tertiary/aromatic N) is 1. The highest BCUT2D eigenvalue weighted by Gasteiger charge is 2.15. The van der Waals surface area contributed by atoms with Gasteiger partial charge in [0, 0.05) is 33.2 Å². The topological polar surface area (TPSA) is 53.6 Å². The molecule has 1 aliphatic rings. The van der Waals surface area contributed by atoms with Crippen molar-refractivity contribution in [2.45, 2.75) is 19.3 Å². The third-order valence-corrected chi connectivity index (χ3v) is 3.43. The Balaban J connectivity index is 1.95. The van der Waals surface area contributed by atoms with E-state index in [0.717, 1.165) is 45.8 Å². The molecular formula is C13H27N3O2. The van der Waals surface area contributed by atoms with Crippen LogP contribution in [0.15, 0.2) is 0 Å². The van der Waals surface area contributed by atoms with Gasteiger partial charge in [-0.25, -0.2) is 0 Å². The summed E-state index contributed by atoms with van der Waals surface area (Å²) in [6.07, 6.45) is 2.89. The van der Waals surface area contributed by atoms with Crippen LogP contribution < -0.4 is 10.6 Å². The molecule has 5 nitrogen and oxygen atoms in total. The molecule has 2 N–H and O–H groups in total. The SMILES string of the molecule is COCCN(C)CCNC(=O)CCC1CCNC1. The fourth-order valence-electron chi connectivity index (χ4n) is 2.13. The van der Waals surface area contributed by atoms with Crippen LogP contribution in [0.5, 0.6) is 0 Å². The lowest BCUT2D eigenvalue weighted by atomic mass is 10.0. The second-order valence-corrected chi connectivity index (χ2v) is 5.04. The predicted molar refractivity (Wildman–Crippen MR) is 72.6 cm³/mol. The van der Waals surface area contributed by atoms with Crippen molar-refractivity contribution in [1.29, 1.82) is 0 Å². The van der Waals surface area contributed by atoms with Crippen LogP contribution in [0.25, 0.3) is 0 Å². The van der Waals surface area contributed by atoms with E-state index in [2.05, 4.69) is 15.5 Å². The lowest BCUT2D eigenvalue weighted by Gasteiger charge is -2.16. The van der Waals surface area contributed by atoms with Crippen LogP contribution in [0.3, 0.4) is 0 Å². The second-order valence-electron chi connectivity index (χ2n) is 5.04. The van der Waals surface area contributed by atoms with Gasteiger partial charge in [-0.1, -0.05) is 0 Å². The highest BCUT2D eigenvalue weighted by molar-refractivity contribution is 5.75. The molecule has 0 aromatic heterocycles. The van der Waals surface area contributed by atoms with E-state index in [1.54, 1.807) is 7.11 Å². The van der Waals surface area contributed by atoms with Crippen molar-refractivity contribution >= 4 is 5.91 Å². The van der Waals surface area contributed by atoms with E-state index in [9.17, 15) is 4.79 Å². The third-order valence-electron chi connectivity index (χ3n) is 3.43. The summed E-state index contributed by atoms with van der Waals surface area (Å²) in [6.45, 7) is 5.42. The third kappa shape index (κ3) is 6.93. The van der Waals surface area contributed by atoms with Gasteiger partial charge < -0.3 is 20.3 Å². The normalized spacial score (nSPS) is 19.4. The summed E-state index contributed by atoms with van der Waals surface area (Å²) in [6, 6.07) is 0. The van der Waals surface area contributed by atoms with Crippen molar-refractivity contribution in [2.75, 3.05) is 53.5 Å². The zero-order chi connectivity index (χ0) is 13.2. The van der Waals surface area contributed by atoms with Crippen LogP contribution in [0, 0.1) is 5.92 Å². The Morgan fingerprint density at radius 2 is 2.33 bits per heavy atom. The van der Waals surface area contributed by atoms with E-state index in [-0.39, 0.29) is 5.91 Å². The van der Waals surface area contributed by atoms with Crippen molar-refractivity contribution in [3.05, 3.63) is 0 Å². The molecule has 1 rings (SSSR count). The van der Waals surface area contributed by atoms with Crippen LogP contribution in [-0.4, -0.2) is 64.3 Å². The zero-order valence-corrected chi connectivity index (χ0v) is 11.7. The number of hydrogen-bond donors (Lipinski definition) is 2. The van der Waals surface area contributed by atoms with Crippen LogP contribution in [-0.2, 0) is 9.53 Å². The fourth-order valence-corrected chi connectivity index (χ4v) is 2.13. The van der Waals surface area contributed by atoms with E-state index in [1.165, 1.54) is 6.42 Å². The van der Waals surface area contributed by atoms with Gasteiger partial charge in [0.05, 0.1) is 6.61 Å². The van der Waals surface area contributed by atoms with Gasteiger partial charge in [0.15, 0.2) is 0 Å². The largest absolute Gasteiger partial charge is 0.383 e. The van der Waals surface area contributed by atoms with Gasteiger partial charge >= 0.3 is 0 Å². The number of hydrogen-bond acceptors (Lipinski definition) is 4. The maximum absolute atomic E-state index is 11.6. The van der Waals surface area contributed by atoms with Crippen molar-refractivity contribution in [3.63, 3.8) is 0 Å². The zero-order valence-electron chi connectivity index (χ0n) is 11.7. The second kappa shape index (κ2) is 9.30. The van der Waals surface area contributed by atoms with E-state index in [0.29, 0.717) is 12.3 Å². The first-order valence-corrected chi connectivity index (χ1v) is 6.87. The molecule has 1 atom stereocenters.